The molecule has 0 aliphatic carbocycles. The lowest BCUT2D eigenvalue weighted by atomic mass is 10.1. The van der Waals surface area contributed by atoms with Gasteiger partial charge in [-0.15, -0.1) is 0 Å². The fourth-order valence-corrected chi connectivity index (χ4v) is 2.46. The van der Waals surface area contributed by atoms with Crippen molar-refractivity contribution in [2.45, 2.75) is 13.3 Å². The van der Waals surface area contributed by atoms with Gasteiger partial charge in [0.05, 0.1) is 13.7 Å². The zero-order chi connectivity index (χ0) is 16.7. The zero-order valence-corrected chi connectivity index (χ0v) is 14.1. The molecule has 4 nitrogen and oxygen atoms in total. The quantitative estimate of drug-likeness (QED) is 0.816. The van der Waals surface area contributed by atoms with Crippen molar-refractivity contribution in [3.63, 3.8) is 0 Å². The van der Waals surface area contributed by atoms with Crippen LogP contribution in [0.4, 0.5) is 5.69 Å². The second kappa shape index (κ2) is 8.44. The molecular weight excluding hydrogens is 312 g/mol. The Hall–Kier alpha value is -2.20. The maximum absolute atomic E-state index is 11.9. The molecule has 2 rings (SSSR count). The number of halogens is 1. The van der Waals surface area contributed by atoms with Crippen LogP contribution < -0.4 is 15.4 Å². The van der Waals surface area contributed by atoms with Crippen LogP contribution in [0.1, 0.15) is 11.1 Å². The number of amides is 1. The molecule has 5 heteroatoms. The Morgan fingerprint density at radius 1 is 1.22 bits per heavy atom. The van der Waals surface area contributed by atoms with E-state index in [0.717, 1.165) is 29.0 Å². The Kier molecular flexibility index (Phi) is 6.29. The van der Waals surface area contributed by atoms with E-state index >= 15 is 0 Å². The number of carbonyl (C=O) groups excluding carboxylic acids is 1. The average molecular weight is 333 g/mol. The van der Waals surface area contributed by atoms with Crippen LogP contribution in [0.5, 0.6) is 5.75 Å². The van der Waals surface area contributed by atoms with Crippen LogP contribution in [-0.2, 0) is 11.2 Å². The monoisotopic (exact) mass is 332 g/mol. The minimum atomic E-state index is -0.0396. The number of rotatable bonds is 7. The Bertz CT molecular complexity index is 674. The predicted molar refractivity (Wildman–Crippen MR) is 94.4 cm³/mol. The molecule has 2 aromatic rings. The van der Waals surface area contributed by atoms with E-state index in [-0.39, 0.29) is 12.5 Å². The lowest BCUT2D eigenvalue weighted by molar-refractivity contribution is -0.119. The van der Waals surface area contributed by atoms with Crippen molar-refractivity contribution in [1.82, 2.24) is 5.32 Å². The summed E-state index contributed by atoms with van der Waals surface area (Å²) in [5, 5.41) is 6.71. The number of anilines is 1. The van der Waals surface area contributed by atoms with Crippen molar-refractivity contribution in [2.75, 3.05) is 25.5 Å². The summed E-state index contributed by atoms with van der Waals surface area (Å²) < 4.78 is 5.18. The summed E-state index contributed by atoms with van der Waals surface area (Å²) >= 11 is 5.91. The van der Waals surface area contributed by atoms with Gasteiger partial charge in [-0.05, 0) is 54.8 Å². The van der Waals surface area contributed by atoms with E-state index in [4.69, 9.17) is 16.3 Å². The molecule has 0 saturated heterocycles. The van der Waals surface area contributed by atoms with Crippen molar-refractivity contribution in [2.24, 2.45) is 0 Å². The minimum Gasteiger partial charge on any atom is -0.497 e. The molecule has 0 fully saturated rings. The third kappa shape index (κ3) is 5.49. The van der Waals surface area contributed by atoms with Gasteiger partial charge < -0.3 is 15.4 Å². The van der Waals surface area contributed by atoms with E-state index in [1.54, 1.807) is 13.2 Å². The van der Waals surface area contributed by atoms with E-state index in [0.29, 0.717) is 11.6 Å². The van der Waals surface area contributed by atoms with Crippen LogP contribution in [0.25, 0.3) is 0 Å². The van der Waals surface area contributed by atoms with Gasteiger partial charge in [0.1, 0.15) is 5.75 Å². The standard InChI is InChI=1S/C18H21ClN2O2/c1-13-10-15(19)6-7-17(13)21-12-18(22)20-9-8-14-4-3-5-16(11-14)23-2/h3-7,10-11,21H,8-9,12H2,1-2H3,(H,20,22). The van der Waals surface area contributed by atoms with Gasteiger partial charge in [-0.1, -0.05) is 23.7 Å². The fraction of sp³-hybridized carbons (Fsp3) is 0.278. The van der Waals surface area contributed by atoms with Crippen molar-refractivity contribution < 1.29 is 9.53 Å². The van der Waals surface area contributed by atoms with Crippen molar-refractivity contribution in [3.05, 3.63) is 58.6 Å². The van der Waals surface area contributed by atoms with Gasteiger partial charge in [-0.25, -0.2) is 0 Å². The van der Waals surface area contributed by atoms with Gasteiger partial charge in [-0.2, -0.15) is 0 Å². The average Bonchev–Trinajstić information content (AvgIpc) is 2.54. The number of ether oxygens (including phenoxy) is 1. The minimum absolute atomic E-state index is 0.0396. The maximum atomic E-state index is 11.9. The van der Waals surface area contributed by atoms with Gasteiger partial charge in [0, 0.05) is 17.3 Å². The molecule has 2 aromatic carbocycles. The highest BCUT2D eigenvalue weighted by Crippen LogP contribution is 2.19. The third-order valence-electron chi connectivity index (χ3n) is 3.50. The summed E-state index contributed by atoms with van der Waals surface area (Å²) in [5.74, 6) is 0.788. The second-order valence-corrected chi connectivity index (χ2v) is 5.70. The highest BCUT2D eigenvalue weighted by Gasteiger charge is 2.04. The van der Waals surface area contributed by atoms with Crippen molar-refractivity contribution in [3.8, 4) is 5.75 Å². The van der Waals surface area contributed by atoms with E-state index in [2.05, 4.69) is 10.6 Å². The Morgan fingerprint density at radius 2 is 2.04 bits per heavy atom. The summed E-state index contributed by atoms with van der Waals surface area (Å²) in [7, 11) is 1.64. The van der Waals surface area contributed by atoms with Crippen LogP contribution in [0.15, 0.2) is 42.5 Å². The van der Waals surface area contributed by atoms with Crippen LogP contribution >= 0.6 is 11.6 Å². The number of nitrogens with one attached hydrogen (secondary N) is 2. The van der Waals surface area contributed by atoms with E-state index in [1.807, 2.05) is 43.3 Å². The smallest absolute Gasteiger partial charge is 0.239 e. The van der Waals surface area contributed by atoms with Gasteiger partial charge in [-0.3, -0.25) is 4.79 Å². The van der Waals surface area contributed by atoms with Crippen LogP contribution in [0.3, 0.4) is 0 Å². The molecule has 1 amide bonds. The third-order valence-corrected chi connectivity index (χ3v) is 3.73. The molecule has 0 aliphatic heterocycles. The molecule has 0 bridgehead atoms. The summed E-state index contributed by atoms with van der Waals surface area (Å²) in [6.45, 7) is 2.78. The molecule has 122 valence electrons. The maximum Gasteiger partial charge on any atom is 0.239 e. The number of hydrogen-bond acceptors (Lipinski definition) is 3. The normalized spacial score (nSPS) is 10.2. The van der Waals surface area contributed by atoms with Crippen molar-refractivity contribution >= 4 is 23.2 Å². The molecule has 0 saturated carbocycles. The highest BCUT2D eigenvalue weighted by molar-refractivity contribution is 6.30. The van der Waals surface area contributed by atoms with Gasteiger partial charge in [0.2, 0.25) is 5.91 Å². The first-order chi connectivity index (χ1) is 11.1. The van der Waals surface area contributed by atoms with Gasteiger partial charge in [0.15, 0.2) is 0 Å². The predicted octanol–water partition coefficient (Wildman–Crippen LogP) is 3.43. The Labute approximate surface area is 141 Å². The molecule has 0 heterocycles. The van der Waals surface area contributed by atoms with Gasteiger partial charge in [0.25, 0.3) is 0 Å². The molecule has 0 unspecified atom stereocenters. The van der Waals surface area contributed by atoms with Crippen molar-refractivity contribution in [1.29, 1.82) is 0 Å². The highest BCUT2D eigenvalue weighted by atomic mass is 35.5. The first-order valence-corrected chi connectivity index (χ1v) is 7.86. The number of aryl methyl sites for hydroxylation is 1. The Balaban J connectivity index is 1.74. The van der Waals surface area contributed by atoms with E-state index < -0.39 is 0 Å². The van der Waals surface area contributed by atoms with Gasteiger partial charge >= 0.3 is 0 Å². The van der Waals surface area contributed by atoms with Crippen LogP contribution in [0.2, 0.25) is 5.02 Å². The first kappa shape index (κ1) is 17.2. The summed E-state index contributed by atoms with van der Waals surface area (Å²) in [6, 6.07) is 13.4. The lowest BCUT2D eigenvalue weighted by Gasteiger charge is -2.10. The summed E-state index contributed by atoms with van der Waals surface area (Å²) in [6.07, 6.45) is 0.767. The molecule has 0 atom stereocenters. The fourth-order valence-electron chi connectivity index (χ4n) is 2.24. The number of carbonyl (C=O) groups is 1. The van der Waals surface area contributed by atoms with E-state index in [1.165, 1.54) is 0 Å². The number of benzene rings is 2. The molecule has 0 aromatic heterocycles. The molecule has 0 aliphatic rings. The second-order valence-electron chi connectivity index (χ2n) is 5.26. The summed E-state index contributed by atoms with van der Waals surface area (Å²) in [5.41, 5.74) is 3.06. The molecular formula is C18H21ClN2O2. The molecule has 2 N–H and O–H groups in total. The number of hydrogen-bond donors (Lipinski definition) is 2. The Morgan fingerprint density at radius 3 is 2.78 bits per heavy atom. The topological polar surface area (TPSA) is 50.4 Å². The summed E-state index contributed by atoms with van der Waals surface area (Å²) in [4.78, 5) is 11.9. The SMILES string of the molecule is COc1cccc(CCNC(=O)CNc2ccc(Cl)cc2C)c1. The molecule has 0 radical (unpaired) electrons. The van der Waals surface area contributed by atoms with Crippen LogP contribution in [0, 0.1) is 6.92 Å². The number of methoxy groups -OCH3 is 1. The van der Waals surface area contributed by atoms with E-state index in [9.17, 15) is 4.79 Å². The molecule has 0 spiro atoms. The largest absolute Gasteiger partial charge is 0.497 e. The molecule has 23 heavy (non-hydrogen) atoms. The lowest BCUT2D eigenvalue weighted by Crippen LogP contribution is -2.31. The first-order valence-electron chi connectivity index (χ1n) is 7.48. The zero-order valence-electron chi connectivity index (χ0n) is 13.4. The van der Waals surface area contributed by atoms with Crippen LogP contribution in [-0.4, -0.2) is 26.1 Å².